The van der Waals surface area contributed by atoms with E-state index >= 15 is 0 Å². The lowest BCUT2D eigenvalue weighted by molar-refractivity contribution is -0.134. The minimum absolute atomic E-state index is 0.207. The van der Waals surface area contributed by atoms with Gasteiger partial charge in [0.15, 0.2) is 0 Å². The monoisotopic (exact) mass is 259 g/mol. The lowest BCUT2D eigenvalue weighted by Gasteiger charge is -2.39. The first-order valence-electron chi connectivity index (χ1n) is 6.60. The highest BCUT2D eigenvalue weighted by atomic mass is 32.2. The maximum Gasteiger partial charge on any atom is 0.233 e. The van der Waals surface area contributed by atoms with E-state index in [1.165, 1.54) is 6.42 Å². The number of nitrogens with zero attached hydrogens (tertiary/aromatic N) is 1. The van der Waals surface area contributed by atoms with Crippen molar-refractivity contribution >= 4 is 17.7 Å². The van der Waals surface area contributed by atoms with Crippen LogP contribution in [0.1, 0.15) is 46.5 Å². The minimum Gasteiger partial charge on any atom is -0.396 e. The zero-order chi connectivity index (χ0) is 12.8. The number of carbonyl (C=O) groups is 1. The van der Waals surface area contributed by atoms with Crippen LogP contribution in [0, 0.1) is 0 Å². The summed E-state index contributed by atoms with van der Waals surface area (Å²) < 4.78 is 0. The fraction of sp³-hybridized carbons (Fsp3) is 0.923. The smallest absolute Gasteiger partial charge is 0.233 e. The van der Waals surface area contributed by atoms with E-state index in [0.717, 1.165) is 19.3 Å². The molecular weight excluding hydrogens is 234 g/mol. The molecule has 1 aliphatic heterocycles. The van der Waals surface area contributed by atoms with Crippen molar-refractivity contribution in [1.82, 2.24) is 4.90 Å². The molecule has 3 unspecified atom stereocenters. The number of thioether (sulfide) groups is 1. The highest BCUT2D eigenvalue weighted by molar-refractivity contribution is 8.00. The van der Waals surface area contributed by atoms with Gasteiger partial charge in [-0.15, -0.1) is 11.8 Å². The quantitative estimate of drug-likeness (QED) is 0.823. The summed E-state index contributed by atoms with van der Waals surface area (Å²) in [7, 11) is 0. The number of aliphatic hydroxyl groups is 1. The van der Waals surface area contributed by atoms with Gasteiger partial charge in [-0.1, -0.05) is 6.92 Å². The van der Waals surface area contributed by atoms with Gasteiger partial charge in [0.2, 0.25) is 5.91 Å². The first-order chi connectivity index (χ1) is 8.06. The normalized spacial score (nSPS) is 26.9. The van der Waals surface area contributed by atoms with Gasteiger partial charge in [-0.3, -0.25) is 4.79 Å². The lowest BCUT2D eigenvalue weighted by Crippen LogP contribution is -2.48. The molecule has 0 aromatic rings. The molecule has 1 amide bonds. The molecule has 100 valence electrons. The molecule has 17 heavy (non-hydrogen) atoms. The average molecular weight is 259 g/mol. The Hall–Kier alpha value is -0.220. The number of carbonyl (C=O) groups excluding carboxylic acids is 1. The molecule has 1 saturated heterocycles. The highest BCUT2D eigenvalue weighted by Gasteiger charge is 2.28. The Bertz CT molecular complexity index is 238. The van der Waals surface area contributed by atoms with E-state index < -0.39 is 0 Å². The van der Waals surface area contributed by atoms with Gasteiger partial charge in [-0.05, 0) is 39.5 Å². The van der Waals surface area contributed by atoms with Crippen molar-refractivity contribution in [2.75, 3.05) is 12.4 Å². The number of likely N-dealkylation sites (tertiary alicyclic amines) is 1. The van der Waals surface area contributed by atoms with E-state index in [4.69, 9.17) is 5.11 Å². The molecule has 1 rings (SSSR count). The standard InChI is InChI=1S/C13H25NO2S/c1-10-5-4-6-11(2)14(10)13(16)9-17-12(3)7-8-15/h10-12,15H,4-9H2,1-3H3. The van der Waals surface area contributed by atoms with Crippen LogP contribution in [0.4, 0.5) is 0 Å². The Morgan fingerprint density at radius 3 is 2.53 bits per heavy atom. The Kier molecular flexibility index (Phi) is 6.34. The average Bonchev–Trinajstić information content (AvgIpc) is 2.26. The van der Waals surface area contributed by atoms with Gasteiger partial charge in [-0.2, -0.15) is 0 Å². The first-order valence-corrected chi connectivity index (χ1v) is 7.64. The number of rotatable bonds is 5. The maximum absolute atomic E-state index is 12.2. The fourth-order valence-corrected chi connectivity index (χ4v) is 3.31. The van der Waals surface area contributed by atoms with Crippen LogP contribution in [0.3, 0.4) is 0 Å². The molecule has 1 aliphatic rings. The highest BCUT2D eigenvalue weighted by Crippen LogP contribution is 2.24. The molecule has 3 nitrogen and oxygen atoms in total. The van der Waals surface area contributed by atoms with Crippen LogP contribution < -0.4 is 0 Å². The second-order valence-electron chi connectivity index (χ2n) is 5.06. The molecule has 3 atom stereocenters. The summed E-state index contributed by atoms with van der Waals surface area (Å²) in [6.45, 7) is 6.57. The SMILES string of the molecule is CC(CCO)SCC(=O)N1C(C)CCCC1C. The topological polar surface area (TPSA) is 40.5 Å². The number of aliphatic hydroxyl groups excluding tert-OH is 1. The number of hydrogen-bond acceptors (Lipinski definition) is 3. The van der Waals surface area contributed by atoms with Gasteiger partial charge in [0.1, 0.15) is 0 Å². The molecule has 1 N–H and O–H groups in total. The number of piperidine rings is 1. The second-order valence-corrected chi connectivity index (χ2v) is 6.49. The van der Waals surface area contributed by atoms with E-state index in [2.05, 4.69) is 25.7 Å². The zero-order valence-electron chi connectivity index (χ0n) is 11.2. The molecule has 0 aliphatic carbocycles. The van der Waals surface area contributed by atoms with Crippen LogP contribution in [-0.2, 0) is 4.79 Å². The summed E-state index contributed by atoms with van der Waals surface area (Å²) in [6, 6.07) is 0.778. The molecule has 0 saturated carbocycles. The van der Waals surface area contributed by atoms with Crippen LogP contribution in [0.25, 0.3) is 0 Å². The van der Waals surface area contributed by atoms with Crippen molar-refractivity contribution in [2.24, 2.45) is 0 Å². The van der Waals surface area contributed by atoms with Crippen molar-refractivity contribution in [3.8, 4) is 0 Å². The number of hydrogen-bond donors (Lipinski definition) is 1. The van der Waals surface area contributed by atoms with Crippen LogP contribution in [-0.4, -0.2) is 45.6 Å². The van der Waals surface area contributed by atoms with Crippen molar-refractivity contribution in [1.29, 1.82) is 0 Å². The van der Waals surface area contributed by atoms with E-state index in [0.29, 0.717) is 23.1 Å². The van der Waals surface area contributed by atoms with Crippen LogP contribution in [0.15, 0.2) is 0 Å². The summed E-state index contributed by atoms with van der Waals surface area (Å²) >= 11 is 1.66. The first kappa shape index (κ1) is 14.8. The van der Waals surface area contributed by atoms with Gasteiger partial charge < -0.3 is 10.0 Å². The van der Waals surface area contributed by atoms with Gasteiger partial charge in [0.25, 0.3) is 0 Å². The Morgan fingerprint density at radius 2 is 2.00 bits per heavy atom. The summed E-state index contributed by atoms with van der Waals surface area (Å²) in [4.78, 5) is 14.2. The molecule has 0 aromatic carbocycles. The predicted octanol–water partition coefficient (Wildman–Crippen LogP) is 2.28. The molecule has 0 spiro atoms. The van der Waals surface area contributed by atoms with E-state index in [1.54, 1.807) is 11.8 Å². The second kappa shape index (κ2) is 7.27. The molecule has 0 bridgehead atoms. The largest absolute Gasteiger partial charge is 0.396 e. The summed E-state index contributed by atoms with van der Waals surface area (Å²) in [5.74, 6) is 0.815. The van der Waals surface area contributed by atoms with E-state index in [-0.39, 0.29) is 12.5 Å². The summed E-state index contributed by atoms with van der Waals surface area (Å²) in [5.41, 5.74) is 0. The Morgan fingerprint density at radius 1 is 1.41 bits per heavy atom. The molecule has 1 fully saturated rings. The van der Waals surface area contributed by atoms with Gasteiger partial charge >= 0.3 is 0 Å². The molecule has 0 aromatic heterocycles. The van der Waals surface area contributed by atoms with Crippen LogP contribution >= 0.6 is 11.8 Å². The third-order valence-electron chi connectivity index (χ3n) is 3.51. The summed E-state index contributed by atoms with van der Waals surface area (Å²) in [5, 5.41) is 9.19. The van der Waals surface area contributed by atoms with Gasteiger partial charge in [0.05, 0.1) is 5.75 Å². The fourth-order valence-electron chi connectivity index (χ4n) is 2.47. The van der Waals surface area contributed by atoms with Gasteiger partial charge in [0, 0.05) is 23.9 Å². The Balaban J connectivity index is 2.40. The lowest BCUT2D eigenvalue weighted by atomic mass is 9.98. The van der Waals surface area contributed by atoms with E-state index in [9.17, 15) is 4.79 Å². The van der Waals surface area contributed by atoms with Crippen molar-refractivity contribution in [3.63, 3.8) is 0 Å². The van der Waals surface area contributed by atoms with Crippen molar-refractivity contribution in [2.45, 2.75) is 63.8 Å². The molecular formula is C13H25NO2S. The molecule has 0 radical (unpaired) electrons. The third-order valence-corrected chi connectivity index (χ3v) is 4.73. The zero-order valence-corrected chi connectivity index (χ0v) is 12.0. The van der Waals surface area contributed by atoms with Crippen molar-refractivity contribution in [3.05, 3.63) is 0 Å². The molecule has 4 heteroatoms. The predicted molar refractivity (Wildman–Crippen MR) is 73.2 cm³/mol. The number of amides is 1. The van der Waals surface area contributed by atoms with Crippen molar-refractivity contribution < 1.29 is 9.90 Å². The molecule has 1 heterocycles. The van der Waals surface area contributed by atoms with Crippen LogP contribution in [0.2, 0.25) is 0 Å². The third kappa shape index (κ3) is 4.51. The van der Waals surface area contributed by atoms with Crippen LogP contribution in [0.5, 0.6) is 0 Å². The minimum atomic E-state index is 0.207. The summed E-state index contributed by atoms with van der Waals surface area (Å²) in [6.07, 6.45) is 4.27. The van der Waals surface area contributed by atoms with E-state index in [1.807, 2.05) is 0 Å². The van der Waals surface area contributed by atoms with Gasteiger partial charge in [-0.25, -0.2) is 0 Å². The Labute approximate surface area is 109 Å². The maximum atomic E-state index is 12.2.